The Hall–Kier alpha value is -2.01. The van der Waals surface area contributed by atoms with Crippen molar-refractivity contribution in [1.29, 1.82) is 0 Å². The van der Waals surface area contributed by atoms with Gasteiger partial charge in [-0.3, -0.25) is 0 Å². The van der Waals surface area contributed by atoms with Crippen LogP contribution in [0.25, 0.3) is 10.9 Å². The van der Waals surface area contributed by atoms with Crippen LogP contribution in [0.5, 0.6) is 0 Å². The standard InChI is InChI=1S/C15H16ClN3O2/c16-13-5-4-10-2-1-3-12(14(10)18-13)19-8-6-11(7-9-19)21-15(17)20/h1-5,11H,6-9H2,(H2,17,20). The molecule has 1 aliphatic rings. The van der Waals surface area contributed by atoms with E-state index < -0.39 is 6.09 Å². The summed E-state index contributed by atoms with van der Waals surface area (Å²) in [7, 11) is 0. The zero-order valence-electron chi connectivity index (χ0n) is 11.5. The van der Waals surface area contributed by atoms with Gasteiger partial charge in [0.05, 0.1) is 11.2 Å². The summed E-state index contributed by atoms with van der Waals surface area (Å²) in [6.45, 7) is 1.59. The molecular formula is C15H16ClN3O2. The number of pyridine rings is 1. The van der Waals surface area contributed by atoms with Gasteiger partial charge in [0.2, 0.25) is 0 Å². The van der Waals surface area contributed by atoms with E-state index >= 15 is 0 Å². The molecule has 110 valence electrons. The van der Waals surface area contributed by atoms with Crippen molar-refractivity contribution >= 4 is 34.3 Å². The highest BCUT2D eigenvalue weighted by atomic mass is 35.5. The minimum absolute atomic E-state index is 0.0923. The third kappa shape index (κ3) is 3.03. The monoisotopic (exact) mass is 305 g/mol. The van der Waals surface area contributed by atoms with Crippen molar-refractivity contribution < 1.29 is 9.53 Å². The predicted octanol–water partition coefficient (Wildman–Crippen LogP) is 2.95. The fourth-order valence-corrected chi connectivity index (χ4v) is 2.89. The van der Waals surface area contributed by atoms with E-state index in [4.69, 9.17) is 22.1 Å². The van der Waals surface area contributed by atoms with Gasteiger partial charge in [-0.2, -0.15) is 0 Å². The average molecular weight is 306 g/mol. The van der Waals surface area contributed by atoms with Crippen LogP contribution in [0.3, 0.4) is 0 Å². The number of hydrogen-bond acceptors (Lipinski definition) is 4. The van der Waals surface area contributed by atoms with Crippen LogP contribution in [0.2, 0.25) is 5.15 Å². The Balaban J connectivity index is 1.82. The zero-order chi connectivity index (χ0) is 14.8. The molecule has 0 spiro atoms. The highest BCUT2D eigenvalue weighted by Gasteiger charge is 2.23. The Morgan fingerprint density at radius 1 is 1.29 bits per heavy atom. The summed E-state index contributed by atoms with van der Waals surface area (Å²) in [6.07, 6.45) is 0.733. The van der Waals surface area contributed by atoms with E-state index in [1.54, 1.807) is 6.07 Å². The summed E-state index contributed by atoms with van der Waals surface area (Å²) in [5.74, 6) is 0. The fraction of sp³-hybridized carbons (Fsp3) is 0.333. The fourth-order valence-electron chi connectivity index (χ4n) is 2.74. The van der Waals surface area contributed by atoms with Gasteiger partial charge in [-0.1, -0.05) is 23.7 Å². The molecule has 6 heteroatoms. The molecule has 2 heterocycles. The molecule has 0 saturated carbocycles. The molecule has 0 aliphatic carbocycles. The number of benzene rings is 1. The number of nitrogens with zero attached hydrogens (tertiary/aromatic N) is 2. The highest BCUT2D eigenvalue weighted by Crippen LogP contribution is 2.29. The normalized spacial score (nSPS) is 16.1. The second-order valence-electron chi connectivity index (χ2n) is 5.11. The maximum Gasteiger partial charge on any atom is 0.404 e. The lowest BCUT2D eigenvalue weighted by molar-refractivity contribution is 0.0913. The van der Waals surface area contributed by atoms with Gasteiger partial charge in [-0.25, -0.2) is 9.78 Å². The maximum atomic E-state index is 10.8. The van der Waals surface area contributed by atoms with E-state index in [1.165, 1.54) is 0 Å². The SMILES string of the molecule is NC(=O)OC1CCN(c2cccc3ccc(Cl)nc23)CC1. The number of piperidine rings is 1. The second-order valence-corrected chi connectivity index (χ2v) is 5.49. The number of rotatable bonds is 2. The van der Waals surface area contributed by atoms with Crippen LogP contribution >= 0.6 is 11.6 Å². The van der Waals surface area contributed by atoms with Gasteiger partial charge < -0.3 is 15.4 Å². The average Bonchev–Trinajstić information content (AvgIpc) is 2.47. The van der Waals surface area contributed by atoms with E-state index in [1.807, 2.05) is 24.3 Å². The molecule has 1 aliphatic heterocycles. The Kier molecular flexibility index (Phi) is 3.84. The van der Waals surface area contributed by atoms with Crippen molar-refractivity contribution in [2.75, 3.05) is 18.0 Å². The van der Waals surface area contributed by atoms with Gasteiger partial charge in [0.25, 0.3) is 0 Å². The zero-order valence-corrected chi connectivity index (χ0v) is 12.2. The predicted molar refractivity (Wildman–Crippen MR) is 82.7 cm³/mol. The van der Waals surface area contributed by atoms with Crippen LogP contribution in [0.15, 0.2) is 30.3 Å². The number of fused-ring (bicyclic) bond motifs is 1. The van der Waals surface area contributed by atoms with Crippen LogP contribution in [0.1, 0.15) is 12.8 Å². The number of carbonyl (C=O) groups is 1. The van der Waals surface area contributed by atoms with Gasteiger partial charge in [0.1, 0.15) is 11.3 Å². The van der Waals surface area contributed by atoms with Crippen LogP contribution in [-0.2, 0) is 4.74 Å². The number of ether oxygens (including phenoxy) is 1. The molecule has 0 unspecified atom stereocenters. The maximum absolute atomic E-state index is 10.8. The van der Waals surface area contributed by atoms with Gasteiger partial charge in [-0.15, -0.1) is 0 Å². The largest absolute Gasteiger partial charge is 0.446 e. The van der Waals surface area contributed by atoms with Gasteiger partial charge in [0.15, 0.2) is 0 Å². The third-order valence-corrected chi connectivity index (χ3v) is 3.94. The van der Waals surface area contributed by atoms with Crippen molar-refractivity contribution in [3.05, 3.63) is 35.5 Å². The van der Waals surface area contributed by atoms with Crippen LogP contribution in [-0.4, -0.2) is 30.3 Å². The van der Waals surface area contributed by atoms with Crippen LogP contribution in [0, 0.1) is 0 Å². The molecule has 0 atom stereocenters. The quantitative estimate of drug-likeness (QED) is 0.866. The van der Waals surface area contributed by atoms with Gasteiger partial charge in [-0.05, 0) is 18.2 Å². The van der Waals surface area contributed by atoms with E-state index in [9.17, 15) is 4.79 Å². The van der Waals surface area contributed by atoms with Crippen molar-refractivity contribution in [3.63, 3.8) is 0 Å². The minimum atomic E-state index is -0.702. The summed E-state index contributed by atoms with van der Waals surface area (Å²) in [4.78, 5) is 17.5. The number of nitrogens with two attached hydrogens (primary N) is 1. The first-order chi connectivity index (χ1) is 10.1. The van der Waals surface area contributed by atoms with E-state index in [-0.39, 0.29) is 6.10 Å². The number of halogens is 1. The van der Waals surface area contributed by atoms with E-state index in [0.717, 1.165) is 42.5 Å². The topological polar surface area (TPSA) is 68.5 Å². The van der Waals surface area contributed by atoms with Crippen LogP contribution in [0.4, 0.5) is 10.5 Å². The molecule has 0 bridgehead atoms. The van der Waals surface area contributed by atoms with E-state index in [0.29, 0.717) is 5.15 Å². The summed E-state index contributed by atoms with van der Waals surface area (Å²) in [5, 5.41) is 1.55. The number of hydrogen-bond donors (Lipinski definition) is 1. The number of primary amides is 1. The number of amides is 1. The van der Waals surface area contributed by atoms with Crippen molar-refractivity contribution in [2.45, 2.75) is 18.9 Å². The lowest BCUT2D eigenvalue weighted by Gasteiger charge is -2.33. The third-order valence-electron chi connectivity index (χ3n) is 3.73. The van der Waals surface area contributed by atoms with Crippen LogP contribution < -0.4 is 10.6 Å². The molecule has 1 fully saturated rings. The molecule has 0 radical (unpaired) electrons. The lowest BCUT2D eigenvalue weighted by Crippen LogP contribution is -2.38. The van der Waals surface area contributed by atoms with Crippen molar-refractivity contribution in [1.82, 2.24) is 4.98 Å². The lowest BCUT2D eigenvalue weighted by atomic mass is 10.1. The summed E-state index contributed by atoms with van der Waals surface area (Å²) in [6, 6.07) is 9.84. The first kappa shape index (κ1) is 13.9. The summed E-state index contributed by atoms with van der Waals surface area (Å²) >= 11 is 6.01. The summed E-state index contributed by atoms with van der Waals surface area (Å²) in [5.41, 5.74) is 7.03. The molecule has 1 saturated heterocycles. The number of para-hydroxylation sites is 1. The molecule has 1 amide bonds. The molecule has 2 N–H and O–H groups in total. The summed E-state index contributed by atoms with van der Waals surface area (Å²) < 4.78 is 5.06. The first-order valence-corrected chi connectivity index (χ1v) is 7.27. The molecule has 1 aromatic carbocycles. The number of anilines is 1. The Morgan fingerprint density at radius 3 is 2.76 bits per heavy atom. The molecule has 5 nitrogen and oxygen atoms in total. The van der Waals surface area contributed by atoms with Crippen molar-refractivity contribution in [2.24, 2.45) is 5.73 Å². The Bertz CT molecular complexity index is 669. The Labute approximate surface area is 127 Å². The molecule has 21 heavy (non-hydrogen) atoms. The second kappa shape index (κ2) is 5.77. The Morgan fingerprint density at radius 2 is 2.05 bits per heavy atom. The van der Waals surface area contributed by atoms with Crippen molar-refractivity contribution in [3.8, 4) is 0 Å². The van der Waals surface area contributed by atoms with Gasteiger partial charge >= 0.3 is 6.09 Å². The molecular weight excluding hydrogens is 290 g/mol. The smallest absolute Gasteiger partial charge is 0.404 e. The van der Waals surface area contributed by atoms with Gasteiger partial charge in [0, 0.05) is 31.3 Å². The first-order valence-electron chi connectivity index (χ1n) is 6.90. The number of aromatic nitrogens is 1. The number of carbonyl (C=O) groups excluding carboxylic acids is 1. The highest BCUT2D eigenvalue weighted by molar-refractivity contribution is 6.29. The molecule has 1 aromatic heterocycles. The molecule has 3 rings (SSSR count). The molecule has 2 aromatic rings. The minimum Gasteiger partial charge on any atom is -0.446 e. The van der Waals surface area contributed by atoms with E-state index in [2.05, 4.69) is 9.88 Å².